The number of imidazole rings is 1. The minimum Gasteiger partial charge on any atom is -0.480 e. The molecule has 1 aromatic rings. The first-order valence-electron chi connectivity index (χ1n) is 10.0. The number of rotatable bonds is 12. The summed E-state index contributed by atoms with van der Waals surface area (Å²) in [6, 6.07) is -4.57. The van der Waals surface area contributed by atoms with Gasteiger partial charge in [0.15, 0.2) is 0 Å². The Hall–Kier alpha value is -2.99. The summed E-state index contributed by atoms with van der Waals surface area (Å²) in [5.74, 6) is -3.51. The second-order valence-electron chi connectivity index (χ2n) is 7.55. The van der Waals surface area contributed by atoms with Gasteiger partial charge in [-0.05, 0) is 19.8 Å². The number of aromatic amines is 1. The van der Waals surface area contributed by atoms with Crippen molar-refractivity contribution < 1.29 is 29.4 Å². The Balaban J connectivity index is 2.76. The molecule has 0 aromatic carbocycles. The SMILES string of the molecule is CCC(C)C(N)C(=O)NC(C)C(=O)NC(C(=O)NC(Cc1cnc[nH]1)C(=O)O)C(C)O. The van der Waals surface area contributed by atoms with Crippen LogP contribution in [-0.4, -0.2) is 74.1 Å². The zero-order chi connectivity index (χ0) is 23.7. The number of carbonyl (C=O) groups is 4. The molecule has 0 radical (unpaired) electrons. The van der Waals surface area contributed by atoms with Crippen LogP contribution in [0.3, 0.4) is 0 Å². The highest BCUT2D eigenvalue weighted by Crippen LogP contribution is 2.06. The first-order chi connectivity index (χ1) is 14.5. The number of amides is 3. The summed E-state index contributed by atoms with van der Waals surface area (Å²) in [4.78, 5) is 55.2. The topological polar surface area (TPSA) is 200 Å². The molecule has 6 unspecified atom stereocenters. The summed E-state index contributed by atoms with van der Waals surface area (Å²) >= 11 is 0. The molecular formula is C19H32N6O6. The Kier molecular flexibility index (Phi) is 10.1. The Morgan fingerprint density at radius 2 is 1.74 bits per heavy atom. The van der Waals surface area contributed by atoms with E-state index in [0.717, 1.165) is 0 Å². The normalized spacial score (nSPS) is 16.8. The van der Waals surface area contributed by atoms with E-state index in [2.05, 4.69) is 25.9 Å². The fourth-order valence-corrected chi connectivity index (χ4v) is 2.65. The van der Waals surface area contributed by atoms with Crippen LogP contribution in [0, 0.1) is 5.92 Å². The van der Waals surface area contributed by atoms with Gasteiger partial charge in [0.1, 0.15) is 18.1 Å². The van der Waals surface area contributed by atoms with Crippen LogP contribution in [0.15, 0.2) is 12.5 Å². The van der Waals surface area contributed by atoms with E-state index < -0.39 is 54.0 Å². The van der Waals surface area contributed by atoms with E-state index in [1.54, 1.807) is 0 Å². The molecule has 12 heteroatoms. The zero-order valence-electron chi connectivity index (χ0n) is 18.1. The molecule has 0 fully saturated rings. The predicted octanol–water partition coefficient (Wildman–Crippen LogP) is -1.73. The molecule has 0 aliphatic heterocycles. The van der Waals surface area contributed by atoms with E-state index in [1.165, 1.54) is 26.4 Å². The van der Waals surface area contributed by atoms with Crippen LogP contribution in [0.2, 0.25) is 0 Å². The summed E-state index contributed by atoms with van der Waals surface area (Å²) in [5.41, 5.74) is 6.33. The quantitative estimate of drug-likeness (QED) is 0.199. The number of aromatic nitrogens is 2. The van der Waals surface area contributed by atoms with Crippen molar-refractivity contribution in [2.75, 3.05) is 0 Å². The smallest absolute Gasteiger partial charge is 0.326 e. The molecule has 0 saturated carbocycles. The van der Waals surface area contributed by atoms with E-state index in [-0.39, 0.29) is 12.3 Å². The van der Waals surface area contributed by atoms with Gasteiger partial charge in [-0.15, -0.1) is 0 Å². The summed E-state index contributed by atoms with van der Waals surface area (Å²) in [5, 5.41) is 26.4. The van der Waals surface area contributed by atoms with Crippen molar-refractivity contribution in [2.24, 2.45) is 11.7 Å². The average Bonchev–Trinajstić information content (AvgIpc) is 3.22. The number of aliphatic hydroxyl groups is 1. The van der Waals surface area contributed by atoms with E-state index in [4.69, 9.17) is 5.73 Å². The van der Waals surface area contributed by atoms with Crippen molar-refractivity contribution in [3.05, 3.63) is 18.2 Å². The Bertz CT molecular complexity index is 753. The number of hydrogen-bond donors (Lipinski definition) is 7. The molecule has 31 heavy (non-hydrogen) atoms. The minimum atomic E-state index is -1.43. The zero-order valence-corrected chi connectivity index (χ0v) is 18.1. The summed E-state index contributed by atoms with van der Waals surface area (Å²) in [7, 11) is 0. The molecule has 174 valence electrons. The molecule has 6 atom stereocenters. The lowest BCUT2D eigenvalue weighted by Crippen LogP contribution is -2.59. The van der Waals surface area contributed by atoms with Crippen molar-refractivity contribution in [3.63, 3.8) is 0 Å². The molecule has 0 spiro atoms. The lowest BCUT2D eigenvalue weighted by molar-refractivity contribution is -0.143. The van der Waals surface area contributed by atoms with Crippen LogP contribution in [0.25, 0.3) is 0 Å². The van der Waals surface area contributed by atoms with Crippen molar-refractivity contribution in [3.8, 4) is 0 Å². The fraction of sp³-hybridized carbons (Fsp3) is 0.632. The van der Waals surface area contributed by atoms with E-state index in [0.29, 0.717) is 12.1 Å². The lowest BCUT2D eigenvalue weighted by Gasteiger charge is -2.25. The van der Waals surface area contributed by atoms with Gasteiger partial charge in [-0.25, -0.2) is 9.78 Å². The first-order valence-corrected chi connectivity index (χ1v) is 10.0. The maximum absolute atomic E-state index is 12.6. The van der Waals surface area contributed by atoms with Gasteiger partial charge in [0, 0.05) is 18.3 Å². The molecule has 0 saturated heterocycles. The van der Waals surface area contributed by atoms with Crippen LogP contribution in [0.5, 0.6) is 0 Å². The summed E-state index contributed by atoms with van der Waals surface area (Å²) < 4.78 is 0. The van der Waals surface area contributed by atoms with Gasteiger partial charge in [-0.2, -0.15) is 0 Å². The average molecular weight is 441 g/mol. The molecule has 8 N–H and O–H groups in total. The number of aliphatic carboxylic acids is 1. The standard InChI is InChI=1S/C19H32N6O6/c1-5-9(2)14(20)17(28)23-10(3)16(27)25-15(11(4)26)18(29)24-13(19(30)31)6-12-7-21-8-22-12/h7-11,13-15,26H,5-6,20H2,1-4H3,(H,21,22)(H,23,28)(H,24,29)(H,25,27)(H,30,31). The van der Waals surface area contributed by atoms with Gasteiger partial charge >= 0.3 is 5.97 Å². The molecule has 1 aromatic heterocycles. The molecule has 1 heterocycles. The van der Waals surface area contributed by atoms with Crippen LogP contribution < -0.4 is 21.7 Å². The van der Waals surface area contributed by atoms with E-state index >= 15 is 0 Å². The Morgan fingerprint density at radius 1 is 1.10 bits per heavy atom. The van der Waals surface area contributed by atoms with Gasteiger partial charge in [0.05, 0.1) is 18.5 Å². The van der Waals surface area contributed by atoms with Crippen molar-refractivity contribution in [1.82, 2.24) is 25.9 Å². The summed E-state index contributed by atoms with van der Waals surface area (Å²) in [6.45, 7) is 6.38. The lowest BCUT2D eigenvalue weighted by atomic mass is 9.99. The minimum absolute atomic E-state index is 0.0679. The number of nitrogens with zero attached hydrogens (tertiary/aromatic N) is 1. The maximum Gasteiger partial charge on any atom is 0.326 e. The fourth-order valence-electron chi connectivity index (χ4n) is 2.65. The molecular weight excluding hydrogens is 408 g/mol. The van der Waals surface area contributed by atoms with Gasteiger partial charge in [0.25, 0.3) is 0 Å². The van der Waals surface area contributed by atoms with E-state index in [1.807, 2.05) is 13.8 Å². The molecule has 3 amide bonds. The third-order valence-electron chi connectivity index (χ3n) is 4.97. The van der Waals surface area contributed by atoms with Crippen LogP contribution in [-0.2, 0) is 25.6 Å². The number of nitrogens with one attached hydrogen (secondary N) is 4. The Labute approximate surface area is 180 Å². The number of carbonyl (C=O) groups excluding carboxylic acids is 3. The molecule has 0 aliphatic rings. The molecule has 0 bridgehead atoms. The van der Waals surface area contributed by atoms with Gasteiger partial charge in [-0.3, -0.25) is 14.4 Å². The number of aliphatic hydroxyl groups excluding tert-OH is 1. The monoisotopic (exact) mass is 440 g/mol. The van der Waals surface area contributed by atoms with Gasteiger partial charge in [0.2, 0.25) is 17.7 Å². The predicted molar refractivity (Wildman–Crippen MR) is 111 cm³/mol. The summed E-state index contributed by atoms with van der Waals surface area (Å²) in [6.07, 6.45) is 2.09. The number of hydrogen-bond acceptors (Lipinski definition) is 7. The highest BCUT2D eigenvalue weighted by molar-refractivity contribution is 5.94. The van der Waals surface area contributed by atoms with E-state index in [9.17, 15) is 29.4 Å². The van der Waals surface area contributed by atoms with Crippen molar-refractivity contribution in [2.45, 2.75) is 70.8 Å². The highest BCUT2D eigenvalue weighted by Gasteiger charge is 2.32. The number of carboxylic acid groups (broad SMARTS) is 1. The largest absolute Gasteiger partial charge is 0.480 e. The third-order valence-corrected chi connectivity index (χ3v) is 4.97. The molecule has 1 rings (SSSR count). The second kappa shape index (κ2) is 12.0. The van der Waals surface area contributed by atoms with Crippen LogP contribution >= 0.6 is 0 Å². The van der Waals surface area contributed by atoms with Gasteiger partial charge in [-0.1, -0.05) is 20.3 Å². The first kappa shape index (κ1) is 26.0. The Morgan fingerprint density at radius 3 is 2.23 bits per heavy atom. The van der Waals surface area contributed by atoms with Crippen LogP contribution in [0.4, 0.5) is 0 Å². The third kappa shape index (κ3) is 7.98. The van der Waals surface area contributed by atoms with Crippen LogP contribution in [0.1, 0.15) is 39.8 Å². The number of H-pyrrole nitrogens is 1. The molecule has 12 nitrogen and oxygen atoms in total. The molecule has 0 aliphatic carbocycles. The number of carboxylic acids is 1. The van der Waals surface area contributed by atoms with Crippen molar-refractivity contribution >= 4 is 23.7 Å². The van der Waals surface area contributed by atoms with Gasteiger partial charge < -0.3 is 36.9 Å². The second-order valence-corrected chi connectivity index (χ2v) is 7.55. The highest BCUT2D eigenvalue weighted by atomic mass is 16.4. The number of nitrogens with two attached hydrogens (primary N) is 1. The van der Waals surface area contributed by atoms with Crippen molar-refractivity contribution in [1.29, 1.82) is 0 Å². The maximum atomic E-state index is 12.6.